The van der Waals surface area contributed by atoms with Crippen LogP contribution in [0.15, 0.2) is 17.5 Å². The number of hydrogen-bond donors (Lipinski definition) is 1. The third-order valence-corrected chi connectivity index (χ3v) is 6.38. The molecular weight excluding hydrogens is 356 g/mol. The molecule has 0 fully saturated rings. The van der Waals surface area contributed by atoms with E-state index in [2.05, 4.69) is 12.2 Å². The predicted octanol–water partition coefficient (Wildman–Crippen LogP) is 3.99. The first kappa shape index (κ1) is 17.6. The number of fused-ring (bicyclic) bond motifs is 1. The number of anilines is 1. The van der Waals surface area contributed by atoms with Crippen LogP contribution in [0.25, 0.3) is 0 Å². The second-order valence-electron chi connectivity index (χ2n) is 5.98. The molecule has 0 unspecified atom stereocenters. The molecule has 7 heteroatoms. The third-order valence-electron chi connectivity index (χ3n) is 4.34. The number of carbonyl (C=O) groups is 2. The maximum atomic E-state index is 12.2. The van der Waals surface area contributed by atoms with E-state index < -0.39 is 11.9 Å². The highest BCUT2D eigenvalue weighted by atomic mass is 32.1. The largest absolute Gasteiger partial charge is 0.451 e. The van der Waals surface area contributed by atoms with Gasteiger partial charge in [0.1, 0.15) is 15.9 Å². The zero-order chi connectivity index (χ0) is 17.8. The smallest absolute Gasteiger partial charge is 0.348 e. The molecule has 0 spiro atoms. The van der Waals surface area contributed by atoms with Gasteiger partial charge in [-0.3, -0.25) is 4.79 Å². The van der Waals surface area contributed by atoms with Crippen molar-refractivity contribution in [2.24, 2.45) is 5.92 Å². The molecule has 0 saturated carbocycles. The van der Waals surface area contributed by atoms with E-state index in [0.717, 1.165) is 19.3 Å². The molecule has 1 N–H and O–H groups in total. The Hall–Kier alpha value is -2.17. The van der Waals surface area contributed by atoms with Gasteiger partial charge in [-0.2, -0.15) is 5.26 Å². The molecule has 1 atom stereocenters. The van der Waals surface area contributed by atoms with E-state index in [0.29, 0.717) is 21.4 Å². The van der Waals surface area contributed by atoms with Gasteiger partial charge in [0.2, 0.25) is 0 Å². The molecular formula is C18H18N2O3S2. The lowest BCUT2D eigenvalue weighted by atomic mass is 9.87. The highest BCUT2D eigenvalue weighted by Gasteiger charge is 2.23. The summed E-state index contributed by atoms with van der Waals surface area (Å²) < 4.78 is 5.12. The minimum atomic E-state index is -0.464. The average Bonchev–Trinajstić information content (AvgIpc) is 3.24. The summed E-state index contributed by atoms with van der Waals surface area (Å²) in [4.78, 5) is 25.9. The molecule has 3 rings (SSSR count). The number of nitrogens with one attached hydrogen (secondary N) is 1. The van der Waals surface area contributed by atoms with Gasteiger partial charge in [-0.1, -0.05) is 13.3 Å². The van der Waals surface area contributed by atoms with Crippen LogP contribution in [0.4, 0.5) is 5.00 Å². The summed E-state index contributed by atoms with van der Waals surface area (Å²) in [6.45, 7) is 1.84. The standard InChI is InChI=1S/C18H18N2O3S2/c1-2-11-3-4-14-13(7-11)8-15(25-14)18(22)23-10-16(21)20-17-12(9-19)5-6-24-17/h5-6,8,11H,2-4,7,10H2,1H3,(H,20,21)/t11-/m1/s1. The van der Waals surface area contributed by atoms with E-state index in [1.165, 1.54) is 39.5 Å². The van der Waals surface area contributed by atoms with Crippen LogP contribution in [0, 0.1) is 17.2 Å². The van der Waals surface area contributed by atoms with Gasteiger partial charge in [-0.25, -0.2) is 4.79 Å². The molecule has 0 radical (unpaired) electrons. The summed E-state index contributed by atoms with van der Waals surface area (Å²) in [5, 5.41) is 13.7. The zero-order valence-electron chi connectivity index (χ0n) is 13.8. The Morgan fingerprint density at radius 3 is 3.08 bits per heavy atom. The lowest BCUT2D eigenvalue weighted by molar-refractivity contribution is -0.119. The molecule has 2 aromatic rings. The van der Waals surface area contributed by atoms with Crippen LogP contribution < -0.4 is 5.32 Å². The van der Waals surface area contributed by atoms with E-state index in [-0.39, 0.29) is 6.61 Å². The van der Waals surface area contributed by atoms with Crippen LogP contribution in [-0.4, -0.2) is 18.5 Å². The number of thiophene rings is 2. The van der Waals surface area contributed by atoms with Gasteiger partial charge in [0.05, 0.1) is 5.56 Å². The van der Waals surface area contributed by atoms with Crippen molar-refractivity contribution in [2.75, 3.05) is 11.9 Å². The topological polar surface area (TPSA) is 79.2 Å². The Morgan fingerprint density at radius 2 is 2.32 bits per heavy atom. The van der Waals surface area contributed by atoms with Crippen molar-refractivity contribution in [1.29, 1.82) is 5.26 Å². The van der Waals surface area contributed by atoms with E-state index in [9.17, 15) is 9.59 Å². The number of esters is 1. The number of hydrogen-bond acceptors (Lipinski definition) is 6. The number of ether oxygens (including phenoxy) is 1. The number of aryl methyl sites for hydroxylation is 1. The van der Waals surface area contributed by atoms with Crippen LogP contribution in [0.3, 0.4) is 0 Å². The quantitative estimate of drug-likeness (QED) is 0.803. The van der Waals surface area contributed by atoms with Gasteiger partial charge in [-0.15, -0.1) is 22.7 Å². The first-order valence-electron chi connectivity index (χ1n) is 8.16. The van der Waals surface area contributed by atoms with Crippen LogP contribution in [0.5, 0.6) is 0 Å². The van der Waals surface area contributed by atoms with Crippen molar-refractivity contribution in [3.8, 4) is 6.07 Å². The monoisotopic (exact) mass is 374 g/mol. The van der Waals surface area contributed by atoms with E-state index in [1.807, 2.05) is 12.1 Å². The highest BCUT2D eigenvalue weighted by Crippen LogP contribution is 2.33. The van der Waals surface area contributed by atoms with Gasteiger partial charge in [-0.05, 0) is 48.3 Å². The summed E-state index contributed by atoms with van der Waals surface area (Å²) in [7, 11) is 0. The van der Waals surface area contributed by atoms with Crippen LogP contribution in [0.2, 0.25) is 0 Å². The SMILES string of the molecule is CC[C@@H]1CCc2sc(C(=O)OCC(=O)Nc3sccc3C#N)cc2C1. The Bertz CT molecular complexity index is 832. The maximum Gasteiger partial charge on any atom is 0.348 e. The Labute approximate surface area is 154 Å². The lowest BCUT2D eigenvalue weighted by Crippen LogP contribution is -2.20. The second kappa shape index (κ2) is 7.81. The molecule has 130 valence electrons. The maximum absolute atomic E-state index is 12.2. The first-order valence-corrected chi connectivity index (χ1v) is 9.86. The third kappa shape index (κ3) is 4.09. The predicted molar refractivity (Wildman–Crippen MR) is 98.1 cm³/mol. The summed E-state index contributed by atoms with van der Waals surface area (Å²) >= 11 is 2.73. The van der Waals surface area contributed by atoms with Gasteiger partial charge in [0.25, 0.3) is 5.91 Å². The number of nitrogens with zero attached hydrogens (tertiary/aromatic N) is 1. The van der Waals surface area contributed by atoms with Crippen molar-refractivity contribution < 1.29 is 14.3 Å². The number of nitriles is 1. The summed E-state index contributed by atoms with van der Waals surface area (Å²) in [6, 6.07) is 5.54. The fraction of sp³-hybridized carbons (Fsp3) is 0.389. The fourth-order valence-corrected chi connectivity index (χ4v) is 4.76. The van der Waals surface area contributed by atoms with Crippen LogP contribution >= 0.6 is 22.7 Å². The molecule has 0 saturated heterocycles. The van der Waals surface area contributed by atoms with Crippen molar-refractivity contribution in [3.05, 3.63) is 38.4 Å². The van der Waals surface area contributed by atoms with Crippen molar-refractivity contribution in [2.45, 2.75) is 32.6 Å². The molecule has 2 heterocycles. The first-order chi connectivity index (χ1) is 12.1. The Morgan fingerprint density at radius 1 is 1.48 bits per heavy atom. The van der Waals surface area contributed by atoms with E-state index in [1.54, 1.807) is 11.4 Å². The van der Waals surface area contributed by atoms with E-state index in [4.69, 9.17) is 10.00 Å². The van der Waals surface area contributed by atoms with Crippen LogP contribution in [-0.2, 0) is 22.4 Å². The molecule has 0 aliphatic heterocycles. The van der Waals surface area contributed by atoms with Crippen molar-refractivity contribution in [3.63, 3.8) is 0 Å². The van der Waals surface area contributed by atoms with Crippen LogP contribution in [0.1, 0.15) is 45.4 Å². The minimum Gasteiger partial charge on any atom is -0.451 e. The number of amides is 1. The molecule has 5 nitrogen and oxygen atoms in total. The number of rotatable bonds is 5. The molecule has 1 aliphatic carbocycles. The van der Waals surface area contributed by atoms with Gasteiger partial charge >= 0.3 is 5.97 Å². The molecule has 2 aromatic heterocycles. The molecule has 25 heavy (non-hydrogen) atoms. The molecule has 0 bridgehead atoms. The average molecular weight is 374 g/mol. The van der Waals surface area contributed by atoms with Crippen molar-refractivity contribution >= 4 is 39.6 Å². The Kier molecular flexibility index (Phi) is 5.51. The van der Waals surface area contributed by atoms with Gasteiger partial charge in [0.15, 0.2) is 6.61 Å². The second-order valence-corrected chi connectivity index (χ2v) is 8.03. The zero-order valence-corrected chi connectivity index (χ0v) is 15.5. The van der Waals surface area contributed by atoms with Gasteiger partial charge < -0.3 is 10.1 Å². The van der Waals surface area contributed by atoms with E-state index >= 15 is 0 Å². The minimum absolute atomic E-state index is 0.359. The van der Waals surface area contributed by atoms with Gasteiger partial charge in [0, 0.05) is 4.88 Å². The Balaban J connectivity index is 1.55. The summed E-state index contributed by atoms with van der Waals surface area (Å²) in [5.41, 5.74) is 1.65. The fourth-order valence-electron chi connectivity index (χ4n) is 2.91. The summed E-state index contributed by atoms with van der Waals surface area (Å²) in [6.07, 6.45) is 4.36. The summed E-state index contributed by atoms with van der Waals surface area (Å²) in [5.74, 6) is -0.217. The normalized spacial score (nSPS) is 15.9. The van der Waals surface area contributed by atoms with Crippen molar-refractivity contribution in [1.82, 2.24) is 0 Å². The highest BCUT2D eigenvalue weighted by molar-refractivity contribution is 7.14. The number of carbonyl (C=O) groups excluding carboxylic acids is 2. The molecule has 1 amide bonds. The molecule has 1 aliphatic rings. The molecule has 0 aromatic carbocycles. The lowest BCUT2D eigenvalue weighted by Gasteiger charge is -2.19.